The molecule has 0 radical (unpaired) electrons. The van der Waals surface area contributed by atoms with Crippen LogP contribution < -0.4 is 0 Å². The molecule has 3 aliphatic carbocycles. The van der Waals surface area contributed by atoms with Crippen LogP contribution in [0.25, 0.3) is 0 Å². The molecular weight excluding hydrogens is 188 g/mol. The first-order chi connectivity index (χ1) is 4.90. The third-order valence-corrected chi connectivity index (χ3v) is 3.74. The van der Waals surface area contributed by atoms with E-state index < -0.39 is 0 Å². The summed E-state index contributed by atoms with van der Waals surface area (Å²) >= 11 is 3.58. The maximum Gasteiger partial charge on any atom is 0.00655 e. The first-order valence-electron chi connectivity index (χ1n) is 4.14. The Morgan fingerprint density at radius 1 is 1.30 bits per heavy atom. The molecule has 56 valence electrons. The molecule has 1 saturated carbocycles. The van der Waals surface area contributed by atoms with Gasteiger partial charge in [0.25, 0.3) is 0 Å². The van der Waals surface area contributed by atoms with Gasteiger partial charge in [0.05, 0.1) is 0 Å². The maximum atomic E-state index is 3.58. The highest BCUT2D eigenvalue weighted by atomic mass is 79.9. The lowest BCUT2D eigenvalue weighted by Gasteiger charge is -2.37. The van der Waals surface area contributed by atoms with E-state index >= 15 is 0 Å². The fourth-order valence-corrected chi connectivity index (χ4v) is 2.97. The van der Waals surface area contributed by atoms with Gasteiger partial charge in [-0.05, 0) is 37.0 Å². The number of hydrogen-bond donors (Lipinski definition) is 0. The summed E-state index contributed by atoms with van der Waals surface area (Å²) in [5.41, 5.74) is 0. The van der Waals surface area contributed by atoms with Crippen molar-refractivity contribution in [3.63, 3.8) is 0 Å². The van der Waals surface area contributed by atoms with Crippen molar-refractivity contribution in [3.8, 4) is 0 Å². The minimum absolute atomic E-state index is 0.907. The largest absolute Gasteiger partial charge is 0.0925 e. The molecule has 0 unspecified atom stereocenters. The first-order valence-corrected chi connectivity index (χ1v) is 5.26. The molecule has 10 heavy (non-hydrogen) atoms. The molecule has 0 aromatic heterocycles. The van der Waals surface area contributed by atoms with Gasteiger partial charge in [-0.15, -0.1) is 0 Å². The molecular formula is C9H13Br. The van der Waals surface area contributed by atoms with E-state index in [1.807, 2.05) is 0 Å². The summed E-state index contributed by atoms with van der Waals surface area (Å²) in [6.45, 7) is 0. The van der Waals surface area contributed by atoms with Crippen LogP contribution in [0.2, 0.25) is 0 Å². The Kier molecular flexibility index (Phi) is 1.86. The van der Waals surface area contributed by atoms with Crippen molar-refractivity contribution in [2.45, 2.75) is 19.3 Å². The Labute approximate surface area is 70.8 Å². The molecule has 0 saturated heterocycles. The lowest BCUT2D eigenvalue weighted by atomic mass is 9.70. The number of alkyl halides is 1. The Hall–Kier alpha value is 0.220. The Balaban J connectivity index is 2.11. The fourth-order valence-electron chi connectivity index (χ4n) is 2.23. The Bertz CT molecular complexity index is 151. The van der Waals surface area contributed by atoms with Gasteiger partial charge in [0.1, 0.15) is 0 Å². The van der Waals surface area contributed by atoms with E-state index in [0.29, 0.717) is 0 Å². The SMILES string of the molecule is BrC[C@@H]1C[C@H]2C=C[C@H]1CC2. The van der Waals surface area contributed by atoms with Crippen molar-refractivity contribution >= 4 is 15.9 Å². The van der Waals surface area contributed by atoms with E-state index in [0.717, 1.165) is 17.8 Å². The maximum absolute atomic E-state index is 3.58. The summed E-state index contributed by atoms with van der Waals surface area (Å²) in [5.74, 6) is 2.78. The third kappa shape index (κ3) is 1.05. The van der Waals surface area contributed by atoms with Gasteiger partial charge in [-0.2, -0.15) is 0 Å². The van der Waals surface area contributed by atoms with Crippen molar-refractivity contribution < 1.29 is 0 Å². The molecule has 0 nitrogen and oxygen atoms in total. The molecule has 1 fully saturated rings. The molecule has 0 spiro atoms. The molecule has 3 aliphatic rings. The summed E-state index contributed by atoms with van der Waals surface area (Å²) in [5, 5.41) is 1.21. The van der Waals surface area contributed by atoms with E-state index in [-0.39, 0.29) is 0 Å². The molecule has 3 atom stereocenters. The fraction of sp³-hybridized carbons (Fsp3) is 0.778. The van der Waals surface area contributed by atoms with Crippen molar-refractivity contribution in [2.75, 3.05) is 5.33 Å². The Morgan fingerprint density at radius 3 is 2.50 bits per heavy atom. The van der Waals surface area contributed by atoms with Crippen molar-refractivity contribution in [3.05, 3.63) is 12.2 Å². The summed E-state index contributed by atoms with van der Waals surface area (Å²) in [7, 11) is 0. The normalized spacial score (nSPS) is 44.3. The third-order valence-electron chi connectivity index (χ3n) is 2.91. The van der Waals surface area contributed by atoms with Crippen LogP contribution in [0.15, 0.2) is 12.2 Å². The second-order valence-electron chi connectivity index (χ2n) is 3.54. The molecule has 0 aliphatic heterocycles. The highest BCUT2D eigenvalue weighted by Gasteiger charge is 2.30. The van der Waals surface area contributed by atoms with Gasteiger partial charge in [-0.3, -0.25) is 0 Å². The first kappa shape index (κ1) is 6.90. The van der Waals surface area contributed by atoms with E-state index in [1.165, 1.54) is 24.6 Å². The van der Waals surface area contributed by atoms with Crippen LogP contribution >= 0.6 is 15.9 Å². The van der Waals surface area contributed by atoms with Crippen molar-refractivity contribution in [1.29, 1.82) is 0 Å². The minimum Gasteiger partial charge on any atom is -0.0925 e. The molecule has 0 amide bonds. The zero-order valence-electron chi connectivity index (χ0n) is 6.09. The highest BCUT2D eigenvalue weighted by molar-refractivity contribution is 9.09. The van der Waals surface area contributed by atoms with Crippen molar-refractivity contribution in [1.82, 2.24) is 0 Å². The minimum atomic E-state index is 0.907. The van der Waals surface area contributed by atoms with Gasteiger partial charge in [-0.25, -0.2) is 0 Å². The second-order valence-corrected chi connectivity index (χ2v) is 4.18. The van der Waals surface area contributed by atoms with Gasteiger partial charge >= 0.3 is 0 Å². The average molecular weight is 201 g/mol. The zero-order valence-corrected chi connectivity index (χ0v) is 7.68. The van der Waals surface area contributed by atoms with Crippen LogP contribution in [0, 0.1) is 17.8 Å². The van der Waals surface area contributed by atoms with Crippen LogP contribution in [0.1, 0.15) is 19.3 Å². The van der Waals surface area contributed by atoms with Gasteiger partial charge in [0.2, 0.25) is 0 Å². The standard InChI is InChI=1S/C9H13Br/c10-6-9-5-7-1-3-8(9)4-2-7/h1,3,7-9H,2,4-6H2/t7-,8-,9-/m0/s1. The molecule has 3 rings (SSSR count). The van der Waals surface area contributed by atoms with E-state index in [4.69, 9.17) is 0 Å². The topological polar surface area (TPSA) is 0 Å². The lowest BCUT2D eigenvalue weighted by Crippen LogP contribution is -2.27. The summed E-state index contributed by atoms with van der Waals surface area (Å²) in [4.78, 5) is 0. The predicted molar refractivity (Wildman–Crippen MR) is 47.3 cm³/mol. The van der Waals surface area contributed by atoms with E-state index in [1.54, 1.807) is 0 Å². The van der Waals surface area contributed by atoms with Crippen molar-refractivity contribution in [2.24, 2.45) is 17.8 Å². The Morgan fingerprint density at radius 2 is 2.20 bits per heavy atom. The molecule has 1 heteroatoms. The van der Waals surface area contributed by atoms with E-state index in [2.05, 4.69) is 28.1 Å². The predicted octanol–water partition coefficient (Wildman–Crippen LogP) is 2.98. The van der Waals surface area contributed by atoms with Gasteiger partial charge in [0, 0.05) is 5.33 Å². The zero-order chi connectivity index (χ0) is 6.97. The smallest absolute Gasteiger partial charge is 0.00655 e. The van der Waals surface area contributed by atoms with Crippen LogP contribution in [0.3, 0.4) is 0 Å². The van der Waals surface area contributed by atoms with Gasteiger partial charge in [0.15, 0.2) is 0 Å². The molecule has 0 heterocycles. The quantitative estimate of drug-likeness (QED) is 0.452. The monoisotopic (exact) mass is 200 g/mol. The number of hydrogen-bond acceptors (Lipinski definition) is 0. The summed E-state index contributed by atoms with van der Waals surface area (Å²) < 4.78 is 0. The molecule has 0 N–H and O–H groups in total. The second kappa shape index (κ2) is 2.69. The number of halogens is 1. The highest BCUT2D eigenvalue weighted by Crippen LogP contribution is 2.40. The van der Waals surface area contributed by atoms with Gasteiger partial charge < -0.3 is 0 Å². The number of rotatable bonds is 1. The summed E-state index contributed by atoms with van der Waals surface area (Å²) in [6.07, 6.45) is 9.19. The number of fused-ring (bicyclic) bond motifs is 2. The lowest BCUT2D eigenvalue weighted by molar-refractivity contribution is 0.243. The molecule has 2 bridgehead atoms. The summed E-state index contributed by atoms with van der Waals surface area (Å²) in [6, 6.07) is 0. The van der Waals surface area contributed by atoms with Crippen LogP contribution in [-0.2, 0) is 0 Å². The van der Waals surface area contributed by atoms with Crippen LogP contribution in [-0.4, -0.2) is 5.33 Å². The van der Waals surface area contributed by atoms with Gasteiger partial charge in [-0.1, -0.05) is 28.1 Å². The number of allylic oxidation sites excluding steroid dienone is 2. The van der Waals surface area contributed by atoms with E-state index in [9.17, 15) is 0 Å². The average Bonchev–Trinajstić information content (AvgIpc) is 2.06. The molecule has 0 aromatic carbocycles. The van der Waals surface area contributed by atoms with Crippen LogP contribution in [0.4, 0.5) is 0 Å². The molecule has 0 aromatic rings. The van der Waals surface area contributed by atoms with Crippen LogP contribution in [0.5, 0.6) is 0 Å².